The summed E-state index contributed by atoms with van der Waals surface area (Å²) < 4.78 is 1.82. The molecule has 1 aliphatic carbocycles. The second kappa shape index (κ2) is 10.2. The third kappa shape index (κ3) is 6.53. The Bertz CT molecular complexity index is 604. The van der Waals surface area contributed by atoms with E-state index in [0.717, 1.165) is 69.8 Å². The monoisotopic (exact) mass is 348 g/mol. The molecule has 140 valence electrons. The molecular weight excluding hydrogens is 316 g/mol. The summed E-state index contributed by atoms with van der Waals surface area (Å²) in [6.45, 7) is 6.34. The van der Waals surface area contributed by atoms with Gasteiger partial charge in [-0.3, -0.25) is 9.79 Å². The fourth-order valence-electron chi connectivity index (χ4n) is 3.22. The number of aliphatic hydroxyl groups is 1. The Hall–Kier alpha value is -1.82. The third-order valence-corrected chi connectivity index (χ3v) is 4.71. The second-order valence-electron chi connectivity index (χ2n) is 6.77. The van der Waals surface area contributed by atoms with Crippen molar-refractivity contribution in [2.24, 2.45) is 4.99 Å². The van der Waals surface area contributed by atoms with Gasteiger partial charge in [-0.15, -0.1) is 0 Å². The van der Waals surface area contributed by atoms with Gasteiger partial charge in [0.2, 0.25) is 0 Å². The molecule has 0 aliphatic heterocycles. The predicted molar refractivity (Wildman–Crippen MR) is 102 cm³/mol. The molecular formula is C19H32N4O2. The average Bonchev–Trinajstić information content (AvgIpc) is 2.59. The Morgan fingerprint density at radius 3 is 2.72 bits per heavy atom. The van der Waals surface area contributed by atoms with Crippen molar-refractivity contribution < 1.29 is 5.11 Å². The molecule has 0 amide bonds. The highest BCUT2D eigenvalue weighted by atomic mass is 16.3. The van der Waals surface area contributed by atoms with Gasteiger partial charge in [-0.05, 0) is 58.4 Å². The van der Waals surface area contributed by atoms with Crippen molar-refractivity contribution in [3.8, 4) is 0 Å². The summed E-state index contributed by atoms with van der Waals surface area (Å²) in [4.78, 5) is 16.5. The molecule has 1 aromatic rings. The molecule has 0 bridgehead atoms. The van der Waals surface area contributed by atoms with Crippen LogP contribution in [0.25, 0.3) is 0 Å². The van der Waals surface area contributed by atoms with Crippen LogP contribution < -0.4 is 16.2 Å². The fraction of sp³-hybridized carbons (Fsp3) is 0.684. The fourth-order valence-corrected chi connectivity index (χ4v) is 3.22. The van der Waals surface area contributed by atoms with E-state index in [1.165, 1.54) is 0 Å². The summed E-state index contributed by atoms with van der Waals surface area (Å²) in [7, 11) is 0. The van der Waals surface area contributed by atoms with Crippen LogP contribution >= 0.6 is 0 Å². The van der Waals surface area contributed by atoms with Gasteiger partial charge in [0.1, 0.15) is 0 Å². The highest BCUT2D eigenvalue weighted by Gasteiger charge is 2.19. The van der Waals surface area contributed by atoms with E-state index in [1.807, 2.05) is 17.6 Å². The summed E-state index contributed by atoms with van der Waals surface area (Å²) >= 11 is 0. The number of aliphatic imine (C=N–C) groups is 1. The first kappa shape index (κ1) is 19.5. The minimum atomic E-state index is -0.137. The highest BCUT2D eigenvalue weighted by molar-refractivity contribution is 5.80. The van der Waals surface area contributed by atoms with E-state index in [9.17, 15) is 9.90 Å². The molecule has 1 saturated carbocycles. The van der Waals surface area contributed by atoms with E-state index in [-0.39, 0.29) is 11.7 Å². The Morgan fingerprint density at radius 1 is 1.28 bits per heavy atom. The van der Waals surface area contributed by atoms with Gasteiger partial charge < -0.3 is 20.3 Å². The lowest BCUT2D eigenvalue weighted by Crippen LogP contribution is -2.45. The molecule has 25 heavy (non-hydrogen) atoms. The van der Waals surface area contributed by atoms with Crippen molar-refractivity contribution in [2.45, 2.75) is 71.1 Å². The number of rotatable bonds is 7. The maximum atomic E-state index is 11.8. The van der Waals surface area contributed by atoms with Crippen LogP contribution in [0, 0.1) is 6.92 Å². The number of aliphatic hydroxyl groups excluding tert-OH is 1. The lowest BCUT2D eigenvalue weighted by Gasteiger charge is -2.27. The largest absolute Gasteiger partial charge is 0.393 e. The maximum Gasteiger partial charge on any atom is 0.250 e. The van der Waals surface area contributed by atoms with E-state index in [0.29, 0.717) is 6.04 Å². The van der Waals surface area contributed by atoms with Crippen LogP contribution in [0.15, 0.2) is 28.0 Å². The number of nitrogens with one attached hydrogen (secondary N) is 2. The average molecular weight is 348 g/mol. The van der Waals surface area contributed by atoms with Crippen molar-refractivity contribution in [1.29, 1.82) is 0 Å². The molecule has 1 aromatic heterocycles. The summed E-state index contributed by atoms with van der Waals surface area (Å²) in [6, 6.07) is 5.77. The van der Waals surface area contributed by atoms with Crippen LogP contribution in [0.5, 0.6) is 0 Å². The molecule has 2 rings (SSSR count). The first-order valence-corrected chi connectivity index (χ1v) is 9.49. The lowest BCUT2D eigenvalue weighted by atomic mass is 9.93. The van der Waals surface area contributed by atoms with Gasteiger partial charge in [0.05, 0.1) is 6.10 Å². The number of hydrogen-bond donors (Lipinski definition) is 3. The van der Waals surface area contributed by atoms with Gasteiger partial charge in [0, 0.05) is 37.4 Å². The van der Waals surface area contributed by atoms with Crippen LogP contribution in [0.2, 0.25) is 0 Å². The number of nitrogens with zero attached hydrogens (tertiary/aromatic N) is 2. The Balaban J connectivity index is 1.76. The van der Waals surface area contributed by atoms with Crippen molar-refractivity contribution in [2.75, 3.05) is 13.1 Å². The van der Waals surface area contributed by atoms with E-state index in [1.54, 1.807) is 12.1 Å². The molecule has 6 nitrogen and oxygen atoms in total. The molecule has 0 radical (unpaired) electrons. The molecule has 1 fully saturated rings. The zero-order valence-electron chi connectivity index (χ0n) is 15.5. The van der Waals surface area contributed by atoms with Crippen LogP contribution in [0.3, 0.4) is 0 Å². The molecule has 0 saturated heterocycles. The standard InChI is InChI=1S/C19H32N4O2/c1-3-20-19(22-16-9-11-17(24)12-10-16)21-13-4-5-14-23-15(2)7-6-8-18(23)25/h6-8,16-17,24H,3-5,9-14H2,1-2H3,(H2,20,21,22). The molecule has 0 aromatic carbocycles. The Labute approximate surface area is 150 Å². The molecule has 1 heterocycles. The van der Waals surface area contributed by atoms with E-state index in [4.69, 9.17) is 0 Å². The summed E-state index contributed by atoms with van der Waals surface area (Å²) in [5, 5.41) is 16.4. The van der Waals surface area contributed by atoms with Crippen LogP contribution in [0.1, 0.15) is 51.1 Å². The lowest BCUT2D eigenvalue weighted by molar-refractivity contribution is 0.120. The van der Waals surface area contributed by atoms with Gasteiger partial charge in [0.15, 0.2) is 5.96 Å². The summed E-state index contributed by atoms with van der Waals surface area (Å²) in [6.07, 6.45) is 5.44. The minimum Gasteiger partial charge on any atom is -0.393 e. The maximum absolute atomic E-state index is 11.8. The number of pyridine rings is 1. The summed E-state index contributed by atoms with van der Waals surface area (Å²) in [5.41, 5.74) is 1.07. The number of hydrogen-bond acceptors (Lipinski definition) is 3. The zero-order chi connectivity index (χ0) is 18.1. The van der Waals surface area contributed by atoms with Gasteiger partial charge >= 0.3 is 0 Å². The predicted octanol–water partition coefficient (Wildman–Crippen LogP) is 1.80. The highest BCUT2D eigenvalue weighted by Crippen LogP contribution is 2.18. The number of unbranched alkanes of at least 4 members (excludes halogenated alkanes) is 1. The van der Waals surface area contributed by atoms with Crippen LogP contribution in [-0.4, -0.2) is 40.9 Å². The van der Waals surface area contributed by atoms with Crippen molar-refractivity contribution in [3.63, 3.8) is 0 Å². The minimum absolute atomic E-state index is 0.0676. The number of aryl methyl sites for hydroxylation is 1. The van der Waals surface area contributed by atoms with Gasteiger partial charge in [-0.25, -0.2) is 0 Å². The first-order valence-electron chi connectivity index (χ1n) is 9.49. The van der Waals surface area contributed by atoms with Crippen LogP contribution in [0.4, 0.5) is 0 Å². The number of aromatic nitrogens is 1. The second-order valence-corrected chi connectivity index (χ2v) is 6.77. The molecule has 3 N–H and O–H groups in total. The SMILES string of the molecule is CCNC(=NCCCCn1c(C)cccc1=O)NC1CCC(O)CC1. The van der Waals surface area contributed by atoms with Gasteiger partial charge in [-0.1, -0.05) is 6.07 Å². The van der Waals surface area contributed by atoms with Crippen molar-refractivity contribution in [3.05, 3.63) is 34.2 Å². The van der Waals surface area contributed by atoms with E-state index < -0.39 is 0 Å². The quantitative estimate of drug-likeness (QED) is 0.399. The molecule has 6 heteroatoms. The first-order chi connectivity index (χ1) is 12.1. The van der Waals surface area contributed by atoms with Crippen molar-refractivity contribution >= 4 is 5.96 Å². The zero-order valence-corrected chi connectivity index (χ0v) is 15.5. The smallest absolute Gasteiger partial charge is 0.250 e. The molecule has 0 spiro atoms. The third-order valence-electron chi connectivity index (χ3n) is 4.71. The molecule has 1 aliphatic rings. The van der Waals surface area contributed by atoms with Crippen LogP contribution in [-0.2, 0) is 6.54 Å². The summed E-state index contributed by atoms with van der Waals surface area (Å²) in [5.74, 6) is 0.858. The number of guanidine groups is 1. The van der Waals surface area contributed by atoms with E-state index >= 15 is 0 Å². The topological polar surface area (TPSA) is 78.7 Å². The van der Waals surface area contributed by atoms with Crippen molar-refractivity contribution in [1.82, 2.24) is 15.2 Å². The van der Waals surface area contributed by atoms with E-state index in [2.05, 4.69) is 22.5 Å². The van der Waals surface area contributed by atoms with Gasteiger partial charge in [0.25, 0.3) is 5.56 Å². The molecule has 0 unspecified atom stereocenters. The van der Waals surface area contributed by atoms with Gasteiger partial charge in [-0.2, -0.15) is 0 Å². The Morgan fingerprint density at radius 2 is 2.04 bits per heavy atom. The normalized spacial score (nSPS) is 21.2. The molecule has 0 atom stereocenters. The Kier molecular flexibility index (Phi) is 7.98.